The molecule has 7 aromatic carbocycles. The molecule has 0 atom stereocenters. The molecule has 0 heterocycles. The Kier molecular flexibility index (Phi) is 2.01. The highest BCUT2D eigenvalue weighted by Crippen LogP contribution is 2.46. The quantitative estimate of drug-likeness (QED) is 0.207. The van der Waals surface area contributed by atoms with E-state index in [9.17, 15) is 8.22 Å². The Morgan fingerprint density at radius 2 is 0.763 bits per heavy atom. The van der Waals surface area contributed by atoms with E-state index in [2.05, 4.69) is 0 Å². The van der Waals surface area contributed by atoms with Crippen LogP contribution in [0.4, 0.5) is 0 Å². The largest absolute Gasteiger partial charge is 0.0636 e. The maximum Gasteiger partial charge on any atom is 0.0636 e. The molecule has 7 aromatic rings. The van der Waals surface area contributed by atoms with Gasteiger partial charge in [0.1, 0.15) is 0 Å². The van der Waals surface area contributed by atoms with E-state index >= 15 is 0 Å². The first kappa shape index (κ1) is 8.03. The summed E-state index contributed by atoms with van der Waals surface area (Å²) >= 11 is 0. The smallest absolute Gasteiger partial charge is 0.0622 e. The first-order chi connectivity index (χ1) is 29.7. The van der Waals surface area contributed by atoms with E-state index in [1.165, 1.54) is 0 Å². The van der Waals surface area contributed by atoms with Crippen molar-refractivity contribution in [1.29, 1.82) is 0 Å². The minimum absolute atomic E-state index is 0.762. The third-order valence-electron chi connectivity index (χ3n) is 5.69. The predicted octanol–water partition coefficient (Wildman–Crippen LogP) is 10.7. The molecular formula is C38H26. The molecule has 7 rings (SSSR count). The summed E-state index contributed by atoms with van der Waals surface area (Å²) in [7, 11) is 0. The van der Waals surface area contributed by atoms with Gasteiger partial charge in [-0.15, -0.1) is 0 Å². The van der Waals surface area contributed by atoms with E-state index in [0.717, 1.165) is 0 Å². The fraction of sp³-hybridized carbons (Fsp3) is 0. The fourth-order valence-corrected chi connectivity index (χ4v) is 4.16. The number of rotatable bonds is 4. The third-order valence-corrected chi connectivity index (χ3v) is 5.69. The van der Waals surface area contributed by atoms with Crippen molar-refractivity contribution in [3.63, 3.8) is 0 Å². The van der Waals surface area contributed by atoms with Crippen LogP contribution in [-0.4, -0.2) is 0 Å². The highest BCUT2D eigenvalue weighted by atomic mass is 14.2. The lowest BCUT2D eigenvalue weighted by Gasteiger charge is -2.20. The standard InChI is InChI=1S/C38H26/c1-4-14-27(15-5-1)30-24-25-35-36(26-30)38(32-21-11-10-20-31(32)28-16-6-2-7-17-28)34-23-13-12-22-33(34)37(35)29-18-8-3-9-19-29/h1-26H/i1D,2D,3D,4D,5D,6D,7D,8D,9D,10D,11D,12D,13D,14D,15D,16D,17D,18D,19D,20D,21D,22D,23D,24D,25D,26D. The molecule has 0 unspecified atom stereocenters. The second kappa shape index (κ2) is 9.50. The summed E-state index contributed by atoms with van der Waals surface area (Å²) in [5, 5.41) is -3.23. The van der Waals surface area contributed by atoms with E-state index in [0.29, 0.717) is 0 Å². The van der Waals surface area contributed by atoms with Crippen LogP contribution in [0.15, 0.2) is 157 Å². The average Bonchev–Trinajstić information content (AvgIpc) is 3.26. The Bertz CT molecular complexity index is 3250. The van der Waals surface area contributed by atoms with Crippen molar-refractivity contribution < 1.29 is 35.6 Å². The van der Waals surface area contributed by atoms with Crippen molar-refractivity contribution in [3.8, 4) is 44.5 Å². The molecule has 0 aromatic heterocycles. The maximum atomic E-state index is 9.87. The molecule has 178 valence electrons. The highest BCUT2D eigenvalue weighted by molar-refractivity contribution is 6.22. The van der Waals surface area contributed by atoms with Gasteiger partial charge in [-0.25, -0.2) is 0 Å². The van der Waals surface area contributed by atoms with Crippen LogP contribution < -0.4 is 0 Å². The second-order valence-corrected chi connectivity index (χ2v) is 7.75. The van der Waals surface area contributed by atoms with E-state index in [-0.39, 0.29) is 0 Å². The second-order valence-electron chi connectivity index (χ2n) is 7.75. The molecule has 0 N–H and O–H groups in total. The summed E-state index contributed by atoms with van der Waals surface area (Å²) in [4.78, 5) is 0. The Morgan fingerprint density at radius 1 is 0.289 bits per heavy atom. The van der Waals surface area contributed by atoms with Gasteiger partial charge < -0.3 is 0 Å². The normalized spacial score (nSPS) is 20.7. The van der Waals surface area contributed by atoms with Crippen molar-refractivity contribution in [2.45, 2.75) is 0 Å². The van der Waals surface area contributed by atoms with Gasteiger partial charge in [-0.2, -0.15) is 0 Å². The van der Waals surface area contributed by atoms with Crippen molar-refractivity contribution in [2.24, 2.45) is 0 Å². The zero-order valence-electron chi connectivity index (χ0n) is 45.0. The van der Waals surface area contributed by atoms with Gasteiger partial charge in [0.15, 0.2) is 0 Å². The molecule has 0 saturated carbocycles. The molecule has 0 saturated heterocycles. The van der Waals surface area contributed by atoms with Crippen LogP contribution in [0.5, 0.6) is 0 Å². The number of hydrogen-bond donors (Lipinski definition) is 0. The van der Waals surface area contributed by atoms with E-state index in [1.54, 1.807) is 0 Å². The highest BCUT2D eigenvalue weighted by Gasteiger charge is 2.19. The van der Waals surface area contributed by atoms with E-state index in [1.807, 2.05) is 0 Å². The maximum absolute atomic E-state index is 9.87. The lowest BCUT2D eigenvalue weighted by molar-refractivity contribution is 1.60. The third kappa shape index (κ3) is 3.79. The molecular weight excluding hydrogens is 456 g/mol. The summed E-state index contributed by atoms with van der Waals surface area (Å²) in [6, 6.07) is -26.1. The first-order valence-corrected chi connectivity index (χ1v) is 11.0. The number of benzene rings is 7. The van der Waals surface area contributed by atoms with Crippen molar-refractivity contribution in [1.82, 2.24) is 0 Å². The van der Waals surface area contributed by atoms with Gasteiger partial charge in [-0.1, -0.05) is 151 Å². The monoisotopic (exact) mass is 508 g/mol. The molecule has 0 aliphatic carbocycles. The van der Waals surface area contributed by atoms with Crippen LogP contribution in [0.1, 0.15) is 35.6 Å². The van der Waals surface area contributed by atoms with Gasteiger partial charge >= 0.3 is 0 Å². The summed E-state index contributed by atoms with van der Waals surface area (Å²) in [6.45, 7) is 0. The Morgan fingerprint density at radius 3 is 1.42 bits per heavy atom. The molecule has 0 fully saturated rings. The van der Waals surface area contributed by atoms with Crippen LogP contribution in [-0.2, 0) is 0 Å². The summed E-state index contributed by atoms with van der Waals surface area (Å²) in [5.74, 6) is 0. The molecule has 0 radical (unpaired) electrons. The average molecular weight is 509 g/mol. The number of fused-ring (bicyclic) bond motifs is 2. The Balaban J connectivity index is 2.00. The van der Waals surface area contributed by atoms with Crippen molar-refractivity contribution in [2.75, 3.05) is 0 Å². The first-order valence-electron chi connectivity index (χ1n) is 24.0. The molecule has 0 aliphatic rings. The minimum Gasteiger partial charge on any atom is -0.0622 e. The lowest BCUT2D eigenvalue weighted by atomic mass is 9.83. The topological polar surface area (TPSA) is 0 Å². The molecule has 0 nitrogen and oxygen atoms in total. The lowest BCUT2D eigenvalue weighted by Crippen LogP contribution is -1.93. The molecule has 0 spiro atoms. The van der Waals surface area contributed by atoms with Gasteiger partial charge in [-0.05, 0) is 72.1 Å². The van der Waals surface area contributed by atoms with Gasteiger partial charge in [0.2, 0.25) is 0 Å². The molecule has 0 heteroatoms. The molecule has 0 aliphatic heterocycles. The van der Waals surface area contributed by atoms with Crippen LogP contribution >= 0.6 is 0 Å². The van der Waals surface area contributed by atoms with E-state index < -0.39 is 223 Å². The van der Waals surface area contributed by atoms with Crippen molar-refractivity contribution in [3.05, 3.63) is 157 Å². The Labute approximate surface area is 260 Å². The minimum atomic E-state index is -1.10. The summed E-state index contributed by atoms with van der Waals surface area (Å²) < 4.78 is 229. The predicted molar refractivity (Wildman–Crippen MR) is 163 cm³/mol. The van der Waals surface area contributed by atoms with Gasteiger partial charge in [0.25, 0.3) is 0 Å². The van der Waals surface area contributed by atoms with Crippen LogP contribution in [0.25, 0.3) is 66.1 Å². The van der Waals surface area contributed by atoms with E-state index in [4.69, 9.17) is 27.4 Å². The van der Waals surface area contributed by atoms with Gasteiger partial charge in [0, 0.05) is 0 Å². The zero-order chi connectivity index (χ0) is 47.9. The molecule has 38 heavy (non-hydrogen) atoms. The number of hydrogen-bond acceptors (Lipinski definition) is 0. The van der Waals surface area contributed by atoms with Gasteiger partial charge in [0.05, 0.1) is 35.6 Å². The Hall–Kier alpha value is -4.94. The van der Waals surface area contributed by atoms with Crippen molar-refractivity contribution >= 4 is 21.5 Å². The summed E-state index contributed by atoms with van der Waals surface area (Å²) in [6.07, 6.45) is 0. The van der Waals surface area contributed by atoms with Crippen LogP contribution in [0, 0.1) is 0 Å². The van der Waals surface area contributed by atoms with Gasteiger partial charge in [-0.3, -0.25) is 0 Å². The fourth-order valence-electron chi connectivity index (χ4n) is 4.16. The molecule has 0 bridgehead atoms. The van der Waals surface area contributed by atoms with Crippen LogP contribution in [0.3, 0.4) is 0 Å². The summed E-state index contributed by atoms with van der Waals surface area (Å²) in [5.41, 5.74) is -6.76. The molecule has 0 amide bonds. The zero-order valence-corrected chi connectivity index (χ0v) is 19.0. The van der Waals surface area contributed by atoms with Crippen LogP contribution in [0.2, 0.25) is 0 Å². The SMILES string of the molecule is [2H]c1c([2H])c([2H])c(-c2c([2H])c([2H])c([2H])c([2H])c2-c2c3c([2H])c([2H])c([2H])c([2H])c3c(-c3c([2H])c([2H])c([2H])c([2H])c3[2H])c3c([2H])c([2H])c(-c4c([2H])c([2H])c([2H])c([2H])c4[2H])c([2H])c23)c([2H])c1[2H].